The highest BCUT2D eigenvalue weighted by Gasteiger charge is 2.56. The topological polar surface area (TPSA) is 0 Å². The lowest BCUT2D eigenvalue weighted by Gasteiger charge is -2.48. The zero-order chi connectivity index (χ0) is 15.8. The molecule has 4 aliphatic rings. The SMILES string of the molecule is CC(CC1C2(CCCCC2)CCC12CCCCC2)C1CCCC1. The van der Waals surface area contributed by atoms with Gasteiger partial charge < -0.3 is 0 Å². The predicted molar refractivity (Wildman–Crippen MR) is 99.5 cm³/mol. The largest absolute Gasteiger partial charge is 0.0622 e. The Bertz CT molecular complexity index is 351. The molecule has 1 atom stereocenters. The molecule has 0 aromatic heterocycles. The van der Waals surface area contributed by atoms with Crippen LogP contribution < -0.4 is 0 Å². The molecular formula is C23H40. The van der Waals surface area contributed by atoms with Crippen LogP contribution in [0.5, 0.6) is 0 Å². The van der Waals surface area contributed by atoms with Crippen LogP contribution in [0.25, 0.3) is 0 Å². The number of hydrogen-bond donors (Lipinski definition) is 0. The molecule has 0 N–H and O–H groups in total. The molecule has 0 saturated heterocycles. The highest BCUT2D eigenvalue weighted by Crippen LogP contribution is 2.66. The molecule has 0 aromatic carbocycles. The Hall–Kier alpha value is 0. The van der Waals surface area contributed by atoms with Gasteiger partial charge in [0, 0.05) is 0 Å². The van der Waals surface area contributed by atoms with Crippen LogP contribution in [0.3, 0.4) is 0 Å². The van der Waals surface area contributed by atoms with Crippen LogP contribution in [-0.2, 0) is 0 Å². The zero-order valence-corrected chi connectivity index (χ0v) is 15.8. The summed E-state index contributed by atoms with van der Waals surface area (Å²) in [5.41, 5.74) is 1.59. The zero-order valence-electron chi connectivity index (χ0n) is 15.8. The molecular weight excluding hydrogens is 276 g/mol. The molecule has 0 bridgehead atoms. The predicted octanol–water partition coefficient (Wildman–Crippen LogP) is 7.51. The summed E-state index contributed by atoms with van der Waals surface area (Å²) in [6.45, 7) is 2.64. The first-order valence-electron chi connectivity index (χ1n) is 11.2. The number of hydrogen-bond acceptors (Lipinski definition) is 0. The van der Waals surface area contributed by atoms with Crippen LogP contribution in [0.4, 0.5) is 0 Å². The van der Waals surface area contributed by atoms with Crippen molar-refractivity contribution < 1.29 is 0 Å². The Labute approximate surface area is 145 Å². The number of rotatable bonds is 3. The lowest BCUT2D eigenvalue weighted by Crippen LogP contribution is -2.39. The molecule has 0 heteroatoms. The lowest BCUT2D eigenvalue weighted by atomic mass is 9.56. The van der Waals surface area contributed by atoms with Crippen LogP contribution >= 0.6 is 0 Å². The first-order chi connectivity index (χ1) is 11.2. The minimum Gasteiger partial charge on any atom is -0.0622 e. The maximum Gasteiger partial charge on any atom is -0.0264 e. The molecule has 2 spiro atoms. The summed E-state index contributed by atoms with van der Waals surface area (Å²) in [5.74, 6) is 3.20. The minimum atomic E-state index is 0.794. The van der Waals surface area contributed by atoms with Crippen molar-refractivity contribution in [3.63, 3.8) is 0 Å². The van der Waals surface area contributed by atoms with Gasteiger partial charge in [-0.2, -0.15) is 0 Å². The maximum atomic E-state index is 2.64. The molecule has 0 nitrogen and oxygen atoms in total. The van der Waals surface area contributed by atoms with Crippen LogP contribution in [0.15, 0.2) is 0 Å². The monoisotopic (exact) mass is 316 g/mol. The van der Waals surface area contributed by atoms with Crippen molar-refractivity contribution in [3.05, 3.63) is 0 Å². The van der Waals surface area contributed by atoms with Gasteiger partial charge in [0.1, 0.15) is 0 Å². The third kappa shape index (κ3) is 3.02. The van der Waals surface area contributed by atoms with Crippen LogP contribution in [0, 0.1) is 28.6 Å². The van der Waals surface area contributed by atoms with Gasteiger partial charge in [-0.05, 0) is 73.5 Å². The highest BCUT2D eigenvalue weighted by atomic mass is 14.6. The minimum absolute atomic E-state index is 0.794. The summed E-state index contributed by atoms with van der Waals surface area (Å²) in [6, 6.07) is 0. The fraction of sp³-hybridized carbons (Fsp3) is 1.00. The second kappa shape index (κ2) is 6.72. The standard InChI is InChI=1S/C23H40/c1-19(20-10-4-5-11-20)18-21-22(12-6-2-7-13-22)16-17-23(21)14-8-3-9-15-23/h19-21H,2-18H2,1H3. The molecule has 4 aliphatic carbocycles. The van der Waals surface area contributed by atoms with Gasteiger partial charge in [-0.3, -0.25) is 0 Å². The summed E-state index contributed by atoms with van der Waals surface area (Å²) >= 11 is 0. The average Bonchev–Trinajstić information content (AvgIpc) is 3.21. The molecule has 0 radical (unpaired) electrons. The van der Waals surface area contributed by atoms with E-state index in [4.69, 9.17) is 0 Å². The average molecular weight is 317 g/mol. The fourth-order valence-electron chi connectivity index (χ4n) is 7.80. The third-order valence-corrected chi connectivity index (χ3v) is 9.11. The second-order valence-corrected chi connectivity index (χ2v) is 10.2. The summed E-state index contributed by atoms with van der Waals surface area (Å²) in [6.07, 6.45) is 26.6. The highest BCUT2D eigenvalue weighted by molar-refractivity contribution is 5.06. The van der Waals surface area contributed by atoms with Crippen LogP contribution in [0.2, 0.25) is 0 Å². The van der Waals surface area contributed by atoms with E-state index in [-0.39, 0.29) is 0 Å². The van der Waals surface area contributed by atoms with Gasteiger partial charge in [0.25, 0.3) is 0 Å². The molecule has 0 amide bonds. The third-order valence-electron chi connectivity index (χ3n) is 9.11. The van der Waals surface area contributed by atoms with Crippen molar-refractivity contribution in [1.29, 1.82) is 0 Å². The van der Waals surface area contributed by atoms with E-state index in [0.717, 1.165) is 28.6 Å². The molecule has 0 aromatic rings. The van der Waals surface area contributed by atoms with E-state index in [0.29, 0.717) is 0 Å². The smallest absolute Gasteiger partial charge is 0.0264 e. The molecule has 4 saturated carbocycles. The van der Waals surface area contributed by atoms with Gasteiger partial charge >= 0.3 is 0 Å². The van der Waals surface area contributed by atoms with E-state index in [9.17, 15) is 0 Å². The van der Waals surface area contributed by atoms with Gasteiger partial charge in [0.2, 0.25) is 0 Å². The van der Waals surface area contributed by atoms with Gasteiger partial charge in [-0.15, -0.1) is 0 Å². The van der Waals surface area contributed by atoms with Crippen LogP contribution in [0.1, 0.15) is 116 Å². The fourth-order valence-corrected chi connectivity index (χ4v) is 7.80. The Morgan fingerprint density at radius 2 is 1.13 bits per heavy atom. The van der Waals surface area contributed by atoms with Gasteiger partial charge in [0.05, 0.1) is 0 Å². The summed E-state index contributed by atoms with van der Waals surface area (Å²) in [4.78, 5) is 0. The molecule has 23 heavy (non-hydrogen) atoms. The molecule has 0 aliphatic heterocycles. The summed E-state index contributed by atoms with van der Waals surface area (Å²) in [7, 11) is 0. The molecule has 0 heterocycles. The summed E-state index contributed by atoms with van der Waals surface area (Å²) in [5, 5.41) is 0. The van der Waals surface area contributed by atoms with Gasteiger partial charge in [0.15, 0.2) is 0 Å². The van der Waals surface area contributed by atoms with E-state index in [1.165, 1.54) is 25.7 Å². The van der Waals surface area contributed by atoms with E-state index < -0.39 is 0 Å². The Balaban J connectivity index is 1.55. The normalized spacial score (nSPS) is 32.7. The van der Waals surface area contributed by atoms with Crippen molar-refractivity contribution in [3.8, 4) is 0 Å². The maximum absolute atomic E-state index is 2.64. The van der Waals surface area contributed by atoms with E-state index in [1.54, 1.807) is 83.5 Å². The van der Waals surface area contributed by atoms with Crippen molar-refractivity contribution >= 4 is 0 Å². The quantitative estimate of drug-likeness (QED) is 0.505. The van der Waals surface area contributed by atoms with Crippen molar-refractivity contribution in [2.45, 2.75) is 116 Å². The van der Waals surface area contributed by atoms with E-state index in [2.05, 4.69) is 6.92 Å². The second-order valence-electron chi connectivity index (χ2n) is 10.2. The Morgan fingerprint density at radius 1 is 0.652 bits per heavy atom. The molecule has 132 valence electrons. The van der Waals surface area contributed by atoms with E-state index >= 15 is 0 Å². The van der Waals surface area contributed by atoms with Crippen LogP contribution in [-0.4, -0.2) is 0 Å². The Morgan fingerprint density at radius 3 is 1.61 bits per heavy atom. The Kier molecular flexibility index (Phi) is 4.81. The van der Waals surface area contributed by atoms with Crippen molar-refractivity contribution in [2.24, 2.45) is 28.6 Å². The van der Waals surface area contributed by atoms with Crippen molar-refractivity contribution in [1.82, 2.24) is 0 Å². The summed E-state index contributed by atoms with van der Waals surface area (Å²) < 4.78 is 0. The molecule has 4 rings (SSSR count). The lowest BCUT2D eigenvalue weighted by molar-refractivity contribution is 0.0138. The van der Waals surface area contributed by atoms with Crippen molar-refractivity contribution in [2.75, 3.05) is 0 Å². The van der Waals surface area contributed by atoms with Gasteiger partial charge in [-0.25, -0.2) is 0 Å². The molecule has 1 unspecified atom stereocenters. The first-order valence-corrected chi connectivity index (χ1v) is 11.2. The first kappa shape index (κ1) is 16.5. The molecule has 4 fully saturated rings. The van der Waals surface area contributed by atoms with E-state index in [1.807, 2.05) is 0 Å². The van der Waals surface area contributed by atoms with Gasteiger partial charge in [-0.1, -0.05) is 71.1 Å².